The summed E-state index contributed by atoms with van der Waals surface area (Å²) in [7, 11) is -3.24. The smallest absolute Gasteiger partial charge is 0.266 e. The minimum absolute atomic E-state index is 0.0171. The topological polar surface area (TPSA) is 164 Å². The molecule has 0 aliphatic rings. The van der Waals surface area contributed by atoms with Crippen LogP contribution in [0.15, 0.2) is 52.1 Å². The van der Waals surface area contributed by atoms with Gasteiger partial charge in [0.15, 0.2) is 11.4 Å². The van der Waals surface area contributed by atoms with Crippen molar-refractivity contribution >= 4 is 36.8 Å². The van der Waals surface area contributed by atoms with E-state index < -0.39 is 20.0 Å². The van der Waals surface area contributed by atoms with E-state index in [0.29, 0.717) is 35.2 Å². The Labute approximate surface area is 232 Å². The van der Waals surface area contributed by atoms with Crippen molar-refractivity contribution in [3.8, 4) is 11.5 Å². The summed E-state index contributed by atoms with van der Waals surface area (Å²) in [6.07, 6.45) is 3.93. The van der Waals surface area contributed by atoms with Crippen molar-refractivity contribution in [1.29, 1.82) is 0 Å². The molecule has 0 fully saturated rings. The first-order valence-corrected chi connectivity index (χ1v) is 15.4. The monoisotopic (exact) mass is 593 g/mol. The number of ether oxygens (including phenoxy) is 3. The van der Waals surface area contributed by atoms with E-state index in [9.17, 15) is 16.8 Å². The van der Waals surface area contributed by atoms with Gasteiger partial charge in [-0.15, -0.1) is 0 Å². The fraction of sp³-hybridized carbons (Fsp3) is 0.360. The molecule has 2 heterocycles. The Balaban J connectivity index is 1.55. The van der Waals surface area contributed by atoms with Gasteiger partial charge < -0.3 is 18.7 Å². The highest BCUT2D eigenvalue weighted by Crippen LogP contribution is 2.36. The maximum atomic E-state index is 13.3. The second kappa shape index (κ2) is 12.2. The zero-order valence-electron chi connectivity index (χ0n) is 22.5. The number of benzene rings is 2. The molecule has 0 atom stereocenters. The molecule has 0 amide bonds. The molecule has 4 aromatic rings. The Morgan fingerprint density at radius 1 is 0.975 bits per heavy atom. The minimum atomic E-state index is -4.08. The molecule has 0 aliphatic heterocycles. The predicted octanol–water partition coefficient (Wildman–Crippen LogP) is 2.52. The van der Waals surface area contributed by atoms with Crippen LogP contribution in [0.3, 0.4) is 0 Å². The molecule has 0 radical (unpaired) electrons. The number of hydrogen-bond acceptors (Lipinski definition) is 10. The first-order chi connectivity index (χ1) is 19.1. The Kier molecular flexibility index (Phi) is 8.98. The van der Waals surface area contributed by atoms with Crippen LogP contribution in [0.4, 0.5) is 5.82 Å². The molecule has 2 aromatic carbocycles. The maximum Gasteiger partial charge on any atom is 0.266 e. The fourth-order valence-corrected chi connectivity index (χ4v) is 6.12. The average Bonchev–Trinajstić information content (AvgIpc) is 3.56. The quantitative estimate of drug-likeness (QED) is 0.222. The van der Waals surface area contributed by atoms with E-state index in [-0.39, 0.29) is 35.4 Å². The summed E-state index contributed by atoms with van der Waals surface area (Å²) in [5.74, 6) is 0.391. The maximum absolute atomic E-state index is 13.3. The summed E-state index contributed by atoms with van der Waals surface area (Å²) in [6.45, 7) is 2.43. The van der Waals surface area contributed by atoms with Crippen LogP contribution in [-0.4, -0.2) is 65.5 Å². The molecule has 0 saturated carbocycles. The van der Waals surface area contributed by atoms with Gasteiger partial charge in [0.1, 0.15) is 21.8 Å². The lowest BCUT2D eigenvalue weighted by atomic mass is 10.1. The number of nitrogens with zero attached hydrogens (tertiary/aromatic N) is 3. The molecule has 15 heteroatoms. The van der Waals surface area contributed by atoms with Crippen molar-refractivity contribution in [2.75, 3.05) is 38.4 Å². The van der Waals surface area contributed by atoms with Crippen molar-refractivity contribution < 1.29 is 35.6 Å². The van der Waals surface area contributed by atoms with Gasteiger partial charge in [0.05, 0.1) is 39.3 Å². The molecule has 40 heavy (non-hydrogen) atoms. The molecule has 0 bridgehead atoms. The highest BCUT2D eigenvalue weighted by molar-refractivity contribution is 7.92. The van der Waals surface area contributed by atoms with E-state index in [0.717, 1.165) is 11.1 Å². The molecule has 216 valence electrons. The predicted molar refractivity (Wildman–Crippen MR) is 148 cm³/mol. The lowest BCUT2D eigenvalue weighted by molar-refractivity contribution is 0.217. The van der Waals surface area contributed by atoms with Gasteiger partial charge in [-0.25, -0.2) is 21.6 Å². The number of nitrogens with one attached hydrogen (secondary N) is 2. The number of hydrogen-bond donors (Lipinski definition) is 2. The first kappa shape index (κ1) is 29.3. The minimum Gasteiger partial charge on any atom is -0.496 e. The Morgan fingerprint density at radius 2 is 1.75 bits per heavy atom. The van der Waals surface area contributed by atoms with Gasteiger partial charge in [0.2, 0.25) is 10.0 Å². The van der Waals surface area contributed by atoms with Crippen LogP contribution < -0.4 is 18.9 Å². The lowest BCUT2D eigenvalue weighted by Crippen LogP contribution is -2.27. The van der Waals surface area contributed by atoms with Crippen molar-refractivity contribution in [2.24, 2.45) is 0 Å². The number of aromatic nitrogens is 3. The van der Waals surface area contributed by atoms with E-state index in [1.165, 1.54) is 21.3 Å². The van der Waals surface area contributed by atoms with Crippen LogP contribution in [0.2, 0.25) is 0 Å². The van der Waals surface area contributed by atoms with Crippen LogP contribution in [0.1, 0.15) is 23.6 Å². The number of rotatable bonds is 14. The summed E-state index contributed by atoms with van der Waals surface area (Å²) >= 11 is 0. The molecular weight excluding hydrogens is 562 g/mol. The third-order valence-corrected chi connectivity index (χ3v) is 8.71. The highest BCUT2D eigenvalue weighted by Gasteiger charge is 2.25. The van der Waals surface area contributed by atoms with Gasteiger partial charge in [0, 0.05) is 25.4 Å². The van der Waals surface area contributed by atoms with Crippen molar-refractivity contribution in [2.45, 2.75) is 31.3 Å². The molecular formula is C25H31N5O8S2. The van der Waals surface area contributed by atoms with Gasteiger partial charge in [-0.2, -0.15) is 5.10 Å². The second-order valence-electron chi connectivity index (χ2n) is 8.83. The van der Waals surface area contributed by atoms with Crippen molar-refractivity contribution in [1.82, 2.24) is 19.7 Å². The van der Waals surface area contributed by atoms with E-state index in [1.54, 1.807) is 47.4 Å². The summed E-state index contributed by atoms with van der Waals surface area (Å²) in [6, 6.07) is 8.40. The first-order valence-electron chi connectivity index (χ1n) is 12.2. The highest BCUT2D eigenvalue weighted by atomic mass is 32.2. The Hall–Kier alpha value is -3.66. The van der Waals surface area contributed by atoms with Crippen LogP contribution >= 0.6 is 0 Å². The summed E-state index contributed by atoms with van der Waals surface area (Å²) in [5, 5.41) is 8.60. The number of fused-ring (bicyclic) bond motifs is 1. The average molecular weight is 594 g/mol. The summed E-state index contributed by atoms with van der Waals surface area (Å²) < 4.78 is 78.3. The van der Waals surface area contributed by atoms with Crippen molar-refractivity contribution in [3.63, 3.8) is 0 Å². The third kappa shape index (κ3) is 6.72. The number of aryl methyl sites for hydroxylation is 1. The normalized spacial score (nSPS) is 12.1. The lowest BCUT2D eigenvalue weighted by Gasteiger charge is -2.12. The van der Waals surface area contributed by atoms with Gasteiger partial charge in [0.25, 0.3) is 10.0 Å². The molecule has 0 aliphatic carbocycles. The van der Waals surface area contributed by atoms with E-state index in [2.05, 4.69) is 19.7 Å². The molecule has 0 saturated heterocycles. The Morgan fingerprint density at radius 3 is 2.45 bits per heavy atom. The Bertz CT molecular complexity index is 1700. The van der Waals surface area contributed by atoms with E-state index >= 15 is 0 Å². The largest absolute Gasteiger partial charge is 0.496 e. The van der Waals surface area contributed by atoms with Gasteiger partial charge >= 0.3 is 0 Å². The molecule has 0 unspecified atom stereocenters. The fourth-order valence-electron chi connectivity index (χ4n) is 3.97. The second-order valence-corrected chi connectivity index (χ2v) is 12.4. The standard InChI is InChI=1S/C25H31N5O8S2/c1-5-17-6-7-20(36-3)23(12-17)40(33,34)29-25-24-21(37-4)10-18(11-22(24)38-28-25)15-30-16-19(13-26-30)14-27-39(31,32)9-8-35-2/h6-7,10-13,16,27H,5,8-9,14-15H2,1-4H3,(H,28,29). The summed E-state index contributed by atoms with van der Waals surface area (Å²) in [4.78, 5) is -0.0171. The van der Waals surface area contributed by atoms with Gasteiger partial charge in [-0.05, 0) is 41.8 Å². The van der Waals surface area contributed by atoms with Crippen molar-refractivity contribution in [3.05, 3.63) is 59.4 Å². The van der Waals surface area contributed by atoms with Crippen LogP contribution in [0.25, 0.3) is 11.0 Å². The molecule has 13 nitrogen and oxygen atoms in total. The molecule has 0 spiro atoms. The van der Waals surface area contributed by atoms with Crippen LogP contribution in [0.5, 0.6) is 11.5 Å². The van der Waals surface area contributed by atoms with Gasteiger partial charge in [-0.1, -0.05) is 18.1 Å². The summed E-state index contributed by atoms with van der Waals surface area (Å²) in [5.41, 5.74) is 2.55. The molecule has 2 N–H and O–H groups in total. The zero-order valence-corrected chi connectivity index (χ0v) is 24.1. The van der Waals surface area contributed by atoms with Crippen LogP contribution in [-0.2, 0) is 44.3 Å². The molecule has 2 aromatic heterocycles. The molecule has 4 rings (SSSR count). The van der Waals surface area contributed by atoms with Crippen LogP contribution in [0, 0.1) is 0 Å². The van der Waals surface area contributed by atoms with E-state index in [1.807, 2.05) is 6.92 Å². The van der Waals surface area contributed by atoms with Gasteiger partial charge in [-0.3, -0.25) is 9.40 Å². The number of methoxy groups -OCH3 is 3. The number of sulfonamides is 2. The SMILES string of the molecule is CCc1ccc(OC)c(S(=O)(=O)Nc2noc3cc(Cn4cc(CNS(=O)(=O)CCOC)cn4)cc(OC)c23)c1. The van der Waals surface area contributed by atoms with E-state index in [4.69, 9.17) is 18.7 Å². The zero-order chi connectivity index (χ0) is 28.9. The third-order valence-electron chi connectivity index (χ3n) is 6.06. The number of anilines is 1.